The highest BCUT2D eigenvalue weighted by Crippen LogP contribution is 2.28. The minimum Gasteiger partial charge on any atom is -0.204 e. The molecule has 0 radical (unpaired) electrons. The van der Waals surface area contributed by atoms with Gasteiger partial charge < -0.3 is 0 Å². The first-order valence-electron chi connectivity index (χ1n) is 4.43. The molecule has 0 aliphatic heterocycles. The van der Waals surface area contributed by atoms with E-state index in [2.05, 4.69) is 9.97 Å². The Bertz CT molecular complexity index is 290. The van der Waals surface area contributed by atoms with Crippen molar-refractivity contribution >= 4 is 0 Å². The monoisotopic (exact) mass is 184 g/mol. The molecule has 1 heterocycles. The molecule has 0 unspecified atom stereocenters. The van der Waals surface area contributed by atoms with E-state index in [9.17, 15) is 8.78 Å². The van der Waals surface area contributed by atoms with Crippen molar-refractivity contribution in [2.45, 2.75) is 25.7 Å². The van der Waals surface area contributed by atoms with E-state index in [1.165, 1.54) is 6.42 Å². The molecule has 70 valence electrons. The second kappa shape index (κ2) is 3.36. The maximum absolute atomic E-state index is 12.6. The smallest absolute Gasteiger partial charge is 0.204 e. The summed E-state index contributed by atoms with van der Waals surface area (Å²) >= 11 is 0. The molecule has 0 amide bonds. The van der Waals surface area contributed by atoms with Gasteiger partial charge >= 0.3 is 0 Å². The van der Waals surface area contributed by atoms with Gasteiger partial charge in [0.25, 0.3) is 0 Å². The van der Waals surface area contributed by atoms with Crippen LogP contribution in [-0.4, -0.2) is 9.97 Å². The van der Waals surface area contributed by atoms with Crippen LogP contribution in [0.1, 0.15) is 25.1 Å². The molecule has 0 aromatic carbocycles. The third-order valence-electron chi connectivity index (χ3n) is 2.41. The summed E-state index contributed by atoms with van der Waals surface area (Å²) in [5, 5.41) is 0. The van der Waals surface area contributed by atoms with Gasteiger partial charge in [-0.15, -0.1) is 0 Å². The van der Waals surface area contributed by atoms with Crippen LogP contribution in [0.2, 0.25) is 0 Å². The molecule has 13 heavy (non-hydrogen) atoms. The molecule has 0 spiro atoms. The predicted molar refractivity (Wildman–Crippen MR) is 43.0 cm³/mol. The summed E-state index contributed by atoms with van der Waals surface area (Å²) in [6.07, 6.45) is 4.07. The third kappa shape index (κ3) is 1.99. The minimum atomic E-state index is -0.776. The van der Waals surface area contributed by atoms with E-state index in [-0.39, 0.29) is 0 Å². The zero-order chi connectivity index (χ0) is 9.26. The Morgan fingerprint density at radius 1 is 1.23 bits per heavy atom. The molecule has 1 aromatic rings. The lowest BCUT2D eigenvalue weighted by Gasteiger charge is -2.24. The lowest BCUT2D eigenvalue weighted by Crippen LogP contribution is -2.16. The Morgan fingerprint density at radius 3 is 2.31 bits per heavy atom. The lowest BCUT2D eigenvalue weighted by atomic mass is 9.83. The second-order valence-corrected chi connectivity index (χ2v) is 3.43. The average Bonchev–Trinajstić information content (AvgIpc) is 1.95. The Labute approximate surface area is 75.0 Å². The van der Waals surface area contributed by atoms with Crippen molar-refractivity contribution in [3.8, 4) is 0 Å². The molecule has 2 nitrogen and oxygen atoms in total. The van der Waals surface area contributed by atoms with Gasteiger partial charge in [-0.2, -0.15) is 8.78 Å². The topological polar surface area (TPSA) is 25.8 Å². The largest absolute Gasteiger partial charge is 0.219 e. The molecule has 1 fully saturated rings. The Kier molecular flexibility index (Phi) is 2.20. The first-order valence-corrected chi connectivity index (χ1v) is 4.43. The van der Waals surface area contributed by atoms with Crippen LogP contribution in [0.5, 0.6) is 0 Å². The van der Waals surface area contributed by atoms with Crippen molar-refractivity contribution in [3.63, 3.8) is 0 Å². The normalized spacial score (nSPS) is 17.1. The third-order valence-corrected chi connectivity index (χ3v) is 2.41. The standard InChI is InChI=1S/C9H10F2N2/c10-7-5-8(11)13-9(12-7)4-6-2-1-3-6/h5-6H,1-4H2. The first-order chi connectivity index (χ1) is 6.24. The zero-order valence-electron chi connectivity index (χ0n) is 7.13. The zero-order valence-corrected chi connectivity index (χ0v) is 7.13. The fraction of sp³-hybridized carbons (Fsp3) is 0.556. The quantitative estimate of drug-likeness (QED) is 0.658. The Balaban J connectivity index is 2.10. The number of hydrogen-bond donors (Lipinski definition) is 0. The molecule has 1 aliphatic carbocycles. The van der Waals surface area contributed by atoms with Crippen molar-refractivity contribution in [3.05, 3.63) is 23.8 Å². The SMILES string of the molecule is Fc1cc(F)nc(CC2CCC2)n1. The summed E-state index contributed by atoms with van der Waals surface area (Å²) in [4.78, 5) is 7.08. The Hall–Kier alpha value is -1.06. The van der Waals surface area contributed by atoms with Crippen LogP contribution in [0.4, 0.5) is 8.78 Å². The van der Waals surface area contributed by atoms with Gasteiger partial charge in [0.15, 0.2) is 0 Å². The van der Waals surface area contributed by atoms with Gasteiger partial charge in [0, 0.05) is 12.5 Å². The average molecular weight is 184 g/mol. The summed E-state index contributed by atoms with van der Waals surface area (Å²) in [5.74, 6) is -0.730. The number of hydrogen-bond acceptors (Lipinski definition) is 2. The van der Waals surface area contributed by atoms with E-state index in [0.717, 1.165) is 12.8 Å². The van der Waals surface area contributed by atoms with E-state index in [1.54, 1.807) is 0 Å². The molecular formula is C9H10F2N2. The predicted octanol–water partition coefficient (Wildman–Crippen LogP) is 2.10. The van der Waals surface area contributed by atoms with Gasteiger partial charge in [-0.05, 0) is 5.92 Å². The van der Waals surface area contributed by atoms with Gasteiger partial charge in [-0.1, -0.05) is 19.3 Å². The van der Waals surface area contributed by atoms with Crippen molar-refractivity contribution in [2.75, 3.05) is 0 Å². The fourth-order valence-corrected chi connectivity index (χ4v) is 1.48. The van der Waals surface area contributed by atoms with Gasteiger partial charge in [-0.3, -0.25) is 0 Å². The van der Waals surface area contributed by atoms with Crippen molar-refractivity contribution in [2.24, 2.45) is 5.92 Å². The number of rotatable bonds is 2. The van der Waals surface area contributed by atoms with Gasteiger partial charge in [0.1, 0.15) is 5.82 Å². The number of aromatic nitrogens is 2. The Morgan fingerprint density at radius 2 is 1.85 bits per heavy atom. The van der Waals surface area contributed by atoms with Crippen LogP contribution in [0, 0.1) is 17.8 Å². The minimum absolute atomic E-state index is 0.294. The summed E-state index contributed by atoms with van der Waals surface area (Å²) in [6, 6.07) is 0.699. The molecule has 0 bridgehead atoms. The molecule has 0 N–H and O–H groups in total. The summed E-state index contributed by atoms with van der Waals surface area (Å²) in [6.45, 7) is 0. The van der Waals surface area contributed by atoms with Crippen LogP contribution in [0.25, 0.3) is 0 Å². The summed E-state index contributed by atoms with van der Waals surface area (Å²) < 4.78 is 25.2. The second-order valence-electron chi connectivity index (χ2n) is 3.43. The van der Waals surface area contributed by atoms with Gasteiger partial charge in [0.2, 0.25) is 11.9 Å². The van der Waals surface area contributed by atoms with E-state index < -0.39 is 11.9 Å². The van der Waals surface area contributed by atoms with Crippen LogP contribution < -0.4 is 0 Å². The maximum atomic E-state index is 12.6. The lowest BCUT2D eigenvalue weighted by molar-refractivity contribution is 0.306. The molecule has 2 rings (SSSR count). The highest BCUT2D eigenvalue weighted by atomic mass is 19.1. The fourth-order valence-electron chi connectivity index (χ4n) is 1.48. The van der Waals surface area contributed by atoms with Crippen molar-refractivity contribution in [1.82, 2.24) is 9.97 Å². The molecule has 4 heteroatoms. The van der Waals surface area contributed by atoms with E-state index in [1.807, 2.05) is 0 Å². The number of halogens is 2. The van der Waals surface area contributed by atoms with Gasteiger partial charge in [-0.25, -0.2) is 9.97 Å². The highest BCUT2D eigenvalue weighted by molar-refractivity contribution is 4.95. The molecular weight excluding hydrogens is 174 g/mol. The van der Waals surface area contributed by atoms with Crippen molar-refractivity contribution in [1.29, 1.82) is 0 Å². The van der Waals surface area contributed by atoms with E-state index >= 15 is 0 Å². The van der Waals surface area contributed by atoms with E-state index in [0.29, 0.717) is 24.2 Å². The van der Waals surface area contributed by atoms with E-state index in [4.69, 9.17) is 0 Å². The van der Waals surface area contributed by atoms with Crippen LogP contribution in [0.3, 0.4) is 0 Å². The summed E-state index contributed by atoms with van der Waals surface area (Å²) in [7, 11) is 0. The highest BCUT2D eigenvalue weighted by Gasteiger charge is 2.19. The summed E-state index contributed by atoms with van der Waals surface area (Å²) in [5.41, 5.74) is 0. The van der Waals surface area contributed by atoms with Crippen LogP contribution >= 0.6 is 0 Å². The van der Waals surface area contributed by atoms with Crippen molar-refractivity contribution < 1.29 is 8.78 Å². The first kappa shape index (κ1) is 8.53. The molecule has 1 saturated carbocycles. The molecule has 0 atom stereocenters. The molecule has 0 saturated heterocycles. The van der Waals surface area contributed by atoms with Crippen LogP contribution in [0.15, 0.2) is 6.07 Å². The van der Waals surface area contributed by atoms with Gasteiger partial charge in [0.05, 0.1) is 0 Å². The molecule has 1 aromatic heterocycles. The maximum Gasteiger partial charge on any atom is 0.219 e. The molecule has 1 aliphatic rings. The van der Waals surface area contributed by atoms with Crippen LogP contribution in [-0.2, 0) is 6.42 Å². The number of nitrogens with zero attached hydrogens (tertiary/aromatic N) is 2.